The van der Waals surface area contributed by atoms with E-state index in [1.807, 2.05) is 30.3 Å². The number of rotatable bonds is 4. The molecule has 1 aromatic heterocycles. The highest BCUT2D eigenvalue weighted by molar-refractivity contribution is 5.82. The minimum absolute atomic E-state index is 0.0333. The van der Waals surface area contributed by atoms with Crippen molar-refractivity contribution in [3.63, 3.8) is 0 Å². The molecule has 0 aliphatic carbocycles. The molecule has 0 bridgehead atoms. The number of aromatic nitrogens is 1. The molecule has 2 heterocycles. The number of fused-ring (bicyclic) bond motifs is 1. The second kappa shape index (κ2) is 6.65. The van der Waals surface area contributed by atoms with Gasteiger partial charge < -0.3 is 15.4 Å². The van der Waals surface area contributed by atoms with Crippen molar-refractivity contribution in [2.75, 3.05) is 19.8 Å². The summed E-state index contributed by atoms with van der Waals surface area (Å²) < 4.78 is 5.35. The monoisotopic (exact) mass is 285 g/mol. The highest BCUT2D eigenvalue weighted by Crippen LogP contribution is 2.15. The maximum Gasteiger partial charge on any atom is 0.221 e. The normalized spacial score (nSPS) is 18.6. The molecule has 1 aromatic carbocycles. The number of amides is 1. The Hall–Kier alpha value is -1.98. The maximum atomic E-state index is 12.0. The van der Waals surface area contributed by atoms with Gasteiger partial charge in [0.05, 0.1) is 18.7 Å². The number of ether oxygens (including phenoxy) is 1. The van der Waals surface area contributed by atoms with Crippen LogP contribution in [0.2, 0.25) is 0 Å². The Kier molecular flexibility index (Phi) is 4.43. The quantitative estimate of drug-likeness (QED) is 0.887. The van der Waals surface area contributed by atoms with Crippen LogP contribution in [0.15, 0.2) is 36.5 Å². The van der Waals surface area contributed by atoms with Gasteiger partial charge in [-0.15, -0.1) is 0 Å². The van der Waals surface area contributed by atoms with Gasteiger partial charge in [-0.05, 0) is 11.6 Å². The highest BCUT2D eigenvalue weighted by atomic mass is 16.5. The molecule has 2 N–H and O–H groups in total. The van der Waals surface area contributed by atoms with Gasteiger partial charge in [-0.3, -0.25) is 9.78 Å². The van der Waals surface area contributed by atoms with E-state index in [2.05, 4.69) is 15.6 Å². The van der Waals surface area contributed by atoms with E-state index in [1.54, 1.807) is 6.20 Å². The minimum Gasteiger partial charge on any atom is -0.378 e. The SMILES string of the molecule is O=C(CC1COCCN1)NCc1cccc2cccnc12. The standard InChI is InChI=1S/C16H19N3O2/c20-15(9-14-11-21-8-7-17-14)19-10-13-4-1-3-12-5-2-6-18-16(12)13/h1-6,14,17H,7-11H2,(H,19,20). The Morgan fingerprint density at radius 1 is 1.38 bits per heavy atom. The van der Waals surface area contributed by atoms with Crippen LogP contribution in [0.1, 0.15) is 12.0 Å². The van der Waals surface area contributed by atoms with Crippen LogP contribution in [-0.4, -0.2) is 36.7 Å². The van der Waals surface area contributed by atoms with Crippen LogP contribution in [0, 0.1) is 0 Å². The van der Waals surface area contributed by atoms with E-state index in [0.717, 1.165) is 29.6 Å². The molecule has 0 spiro atoms. The average molecular weight is 285 g/mol. The average Bonchev–Trinajstić information content (AvgIpc) is 2.54. The lowest BCUT2D eigenvalue weighted by Gasteiger charge is -2.23. The lowest BCUT2D eigenvalue weighted by atomic mass is 10.1. The van der Waals surface area contributed by atoms with Gasteiger partial charge in [-0.25, -0.2) is 0 Å². The summed E-state index contributed by atoms with van der Waals surface area (Å²) in [4.78, 5) is 16.4. The third-order valence-corrected chi connectivity index (χ3v) is 3.62. The Bertz CT molecular complexity index is 618. The summed E-state index contributed by atoms with van der Waals surface area (Å²) in [6, 6.07) is 10.1. The summed E-state index contributed by atoms with van der Waals surface area (Å²) in [6.45, 7) is 2.63. The number of nitrogens with one attached hydrogen (secondary N) is 2. The van der Waals surface area contributed by atoms with E-state index in [4.69, 9.17) is 4.74 Å². The van der Waals surface area contributed by atoms with Crippen LogP contribution < -0.4 is 10.6 Å². The number of morpholine rings is 1. The molecule has 1 aliphatic heterocycles. The molecule has 1 saturated heterocycles. The van der Waals surface area contributed by atoms with Gasteiger partial charge in [0.1, 0.15) is 0 Å². The number of carbonyl (C=O) groups is 1. The van der Waals surface area contributed by atoms with Crippen LogP contribution in [0.3, 0.4) is 0 Å². The van der Waals surface area contributed by atoms with Crippen LogP contribution in [0.4, 0.5) is 0 Å². The number of para-hydroxylation sites is 1. The van der Waals surface area contributed by atoms with Crippen molar-refractivity contribution in [3.05, 3.63) is 42.1 Å². The van der Waals surface area contributed by atoms with E-state index in [-0.39, 0.29) is 11.9 Å². The highest BCUT2D eigenvalue weighted by Gasteiger charge is 2.16. The van der Waals surface area contributed by atoms with Crippen LogP contribution in [0.25, 0.3) is 10.9 Å². The van der Waals surface area contributed by atoms with Crippen LogP contribution >= 0.6 is 0 Å². The topological polar surface area (TPSA) is 63.2 Å². The largest absolute Gasteiger partial charge is 0.378 e. The molecule has 3 rings (SSSR count). The summed E-state index contributed by atoms with van der Waals surface area (Å²) >= 11 is 0. The first-order valence-electron chi connectivity index (χ1n) is 7.23. The molecule has 5 heteroatoms. The molecule has 0 saturated carbocycles. The fourth-order valence-corrected chi connectivity index (χ4v) is 2.55. The lowest BCUT2D eigenvalue weighted by Crippen LogP contribution is -2.44. The molecule has 1 unspecified atom stereocenters. The third kappa shape index (κ3) is 3.56. The first-order valence-corrected chi connectivity index (χ1v) is 7.23. The molecule has 1 amide bonds. The number of hydrogen-bond donors (Lipinski definition) is 2. The zero-order valence-corrected chi connectivity index (χ0v) is 11.8. The van der Waals surface area contributed by atoms with Crippen molar-refractivity contribution in [1.82, 2.24) is 15.6 Å². The summed E-state index contributed by atoms with van der Waals surface area (Å²) in [5.41, 5.74) is 1.98. The fourth-order valence-electron chi connectivity index (χ4n) is 2.55. The van der Waals surface area contributed by atoms with E-state index in [0.29, 0.717) is 19.6 Å². The molecule has 21 heavy (non-hydrogen) atoms. The molecule has 5 nitrogen and oxygen atoms in total. The van der Waals surface area contributed by atoms with E-state index in [1.165, 1.54) is 0 Å². The molecule has 2 aromatic rings. The van der Waals surface area contributed by atoms with Gasteiger partial charge in [-0.1, -0.05) is 24.3 Å². The second-order valence-electron chi connectivity index (χ2n) is 5.20. The maximum absolute atomic E-state index is 12.0. The van der Waals surface area contributed by atoms with Crippen molar-refractivity contribution >= 4 is 16.8 Å². The number of benzene rings is 1. The summed E-state index contributed by atoms with van der Waals surface area (Å²) in [5, 5.41) is 7.33. The number of hydrogen-bond acceptors (Lipinski definition) is 4. The third-order valence-electron chi connectivity index (χ3n) is 3.62. The minimum atomic E-state index is 0.0333. The van der Waals surface area contributed by atoms with Crippen LogP contribution in [-0.2, 0) is 16.1 Å². The van der Waals surface area contributed by atoms with Crippen molar-refractivity contribution in [2.45, 2.75) is 19.0 Å². The summed E-state index contributed by atoms with van der Waals surface area (Å²) in [6.07, 6.45) is 2.22. The Labute approximate surface area is 123 Å². The number of carbonyl (C=O) groups excluding carboxylic acids is 1. The fraction of sp³-hybridized carbons (Fsp3) is 0.375. The zero-order chi connectivity index (χ0) is 14.5. The Morgan fingerprint density at radius 2 is 2.29 bits per heavy atom. The molecular formula is C16H19N3O2. The van der Waals surface area contributed by atoms with E-state index >= 15 is 0 Å². The second-order valence-corrected chi connectivity index (χ2v) is 5.20. The number of pyridine rings is 1. The van der Waals surface area contributed by atoms with Gasteiger partial charge in [0.2, 0.25) is 5.91 Å². The van der Waals surface area contributed by atoms with Crippen molar-refractivity contribution in [3.8, 4) is 0 Å². The lowest BCUT2D eigenvalue weighted by molar-refractivity contribution is -0.122. The van der Waals surface area contributed by atoms with Gasteiger partial charge in [0.15, 0.2) is 0 Å². The van der Waals surface area contributed by atoms with Crippen molar-refractivity contribution in [1.29, 1.82) is 0 Å². The van der Waals surface area contributed by atoms with Gasteiger partial charge >= 0.3 is 0 Å². The molecule has 0 radical (unpaired) electrons. The molecular weight excluding hydrogens is 266 g/mol. The van der Waals surface area contributed by atoms with E-state index in [9.17, 15) is 4.79 Å². The van der Waals surface area contributed by atoms with Crippen molar-refractivity contribution < 1.29 is 9.53 Å². The predicted octanol–water partition coefficient (Wildman–Crippen LogP) is 1.23. The molecule has 110 valence electrons. The van der Waals surface area contributed by atoms with Crippen LogP contribution in [0.5, 0.6) is 0 Å². The molecule has 1 atom stereocenters. The Morgan fingerprint density at radius 3 is 3.14 bits per heavy atom. The van der Waals surface area contributed by atoms with Crippen molar-refractivity contribution in [2.24, 2.45) is 0 Å². The van der Waals surface area contributed by atoms with Gasteiger partial charge in [0.25, 0.3) is 0 Å². The Balaban J connectivity index is 1.59. The summed E-state index contributed by atoms with van der Waals surface area (Å²) in [7, 11) is 0. The number of nitrogens with zero attached hydrogens (tertiary/aromatic N) is 1. The predicted molar refractivity (Wildman–Crippen MR) is 80.8 cm³/mol. The van der Waals surface area contributed by atoms with Gasteiger partial charge in [-0.2, -0.15) is 0 Å². The smallest absolute Gasteiger partial charge is 0.221 e. The zero-order valence-electron chi connectivity index (χ0n) is 11.8. The van der Waals surface area contributed by atoms with E-state index < -0.39 is 0 Å². The first kappa shape index (κ1) is 14.0. The molecule has 1 aliphatic rings. The molecule has 1 fully saturated rings. The first-order chi connectivity index (χ1) is 10.3. The van der Waals surface area contributed by atoms with Gasteiger partial charge in [0, 0.05) is 37.1 Å². The summed E-state index contributed by atoms with van der Waals surface area (Å²) in [5.74, 6) is 0.0333.